The Kier molecular flexibility index (Phi) is 5.38. The lowest BCUT2D eigenvalue weighted by Gasteiger charge is -2.62. The Morgan fingerprint density at radius 2 is 1.90 bits per heavy atom. The first kappa shape index (κ1) is 20.7. The zero-order chi connectivity index (χ0) is 21.5. The second kappa shape index (κ2) is 8.06. The molecular weight excluding hydrogens is 405 g/mol. The molecule has 5 rings (SSSR count). The van der Waals surface area contributed by atoms with Crippen LogP contribution in [0.1, 0.15) is 36.6 Å². The van der Waals surface area contributed by atoms with E-state index >= 15 is 0 Å². The highest BCUT2D eigenvalue weighted by molar-refractivity contribution is 5.49. The van der Waals surface area contributed by atoms with Gasteiger partial charge in [-0.3, -0.25) is 9.88 Å². The van der Waals surface area contributed by atoms with Gasteiger partial charge in [-0.05, 0) is 48.9 Å². The van der Waals surface area contributed by atoms with Crippen LogP contribution in [0.3, 0.4) is 0 Å². The number of hydrogen-bond acceptors (Lipinski definition) is 5. The number of alkyl halides is 3. The quantitative estimate of drug-likeness (QED) is 0.725. The molecule has 2 saturated heterocycles. The molecule has 3 fully saturated rings. The topological polar surface area (TPSA) is 41.5 Å². The van der Waals surface area contributed by atoms with Gasteiger partial charge in [0.05, 0.1) is 18.5 Å². The highest BCUT2D eigenvalue weighted by Crippen LogP contribution is 2.57. The van der Waals surface area contributed by atoms with Gasteiger partial charge >= 0.3 is 6.18 Å². The summed E-state index contributed by atoms with van der Waals surface area (Å²) in [7, 11) is 0. The molecule has 0 bridgehead atoms. The van der Waals surface area contributed by atoms with E-state index in [9.17, 15) is 13.2 Å². The Balaban J connectivity index is 1.23. The summed E-state index contributed by atoms with van der Waals surface area (Å²) >= 11 is 0. The number of rotatable bonds is 4. The summed E-state index contributed by atoms with van der Waals surface area (Å²) in [5.41, 5.74) is 1.48. The predicted octanol–water partition coefficient (Wildman–Crippen LogP) is 4.18. The van der Waals surface area contributed by atoms with Gasteiger partial charge in [0.2, 0.25) is 0 Å². The Labute approximate surface area is 180 Å². The molecule has 0 amide bonds. The summed E-state index contributed by atoms with van der Waals surface area (Å²) in [6.07, 6.45) is 4.07. The van der Waals surface area contributed by atoms with Crippen molar-refractivity contribution in [3.8, 4) is 0 Å². The fourth-order valence-electron chi connectivity index (χ4n) is 5.60. The van der Waals surface area contributed by atoms with Crippen molar-refractivity contribution in [3.63, 3.8) is 0 Å². The van der Waals surface area contributed by atoms with Crippen molar-refractivity contribution >= 4 is 5.69 Å². The van der Waals surface area contributed by atoms with E-state index in [1.54, 1.807) is 0 Å². The standard InChI is InChI=1S/C23H27F3N4O/c24-23(25,26)20-5-4-19(14-28-20)30-15-22(16-30)11-18(12-22)21(17-3-1-6-27-13-17)29-7-2-9-31-10-8-29/h1,3-6,13-14,18,21H,2,7-12,15-16H2. The second-order valence-electron chi connectivity index (χ2n) is 9.16. The average molecular weight is 432 g/mol. The maximum Gasteiger partial charge on any atom is 0.433 e. The molecule has 2 aliphatic heterocycles. The molecule has 166 valence electrons. The van der Waals surface area contributed by atoms with Gasteiger partial charge in [0.25, 0.3) is 0 Å². The fraction of sp³-hybridized carbons (Fsp3) is 0.565. The molecule has 1 saturated carbocycles. The lowest BCUT2D eigenvalue weighted by molar-refractivity contribution is -0.141. The molecule has 2 aromatic rings. The Hall–Kier alpha value is -2.19. The van der Waals surface area contributed by atoms with Gasteiger partial charge in [0, 0.05) is 56.6 Å². The SMILES string of the molecule is FC(F)(F)c1ccc(N2CC3(CC(C(c4cccnc4)N4CCCOCC4)C3)C2)cn1. The van der Waals surface area contributed by atoms with Crippen LogP contribution in [0, 0.1) is 11.3 Å². The van der Waals surface area contributed by atoms with E-state index in [4.69, 9.17) is 4.74 Å². The predicted molar refractivity (Wildman–Crippen MR) is 111 cm³/mol. The number of pyridine rings is 2. The average Bonchev–Trinajstić information content (AvgIpc) is 2.98. The van der Waals surface area contributed by atoms with Gasteiger partial charge in [0.1, 0.15) is 5.69 Å². The van der Waals surface area contributed by atoms with Crippen LogP contribution < -0.4 is 4.90 Å². The minimum absolute atomic E-state index is 0.274. The van der Waals surface area contributed by atoms with Crippen LogP contribution in [0.25, 0.3) is 0 Å². The van der Waals surface area contributed by atoms with Crippen LogP contribution in [-0.2, 0) is 10.9 Å². The van der Waals surface area contributed by atoms with E-state index in [-0.39, 0.29) is 5.41 Å². The Bertz CT molecular complexity index is 868. The monoisotopic (exact) mass is 432 g/mol. The smallest absolute Gasteiger partial charge is 0.380 e. The van der Waals surface area contributed by atoms with E-state index in [2.05, 4.69) is 25.8 Å². The summed E-state index contributed by atoms with van der Waals surface area (Å²) in [5.74, 6) is 0.565. The van der Waals surface area contributed by atoms with Crippen LogP contribution >= 0.6 is 0 Å². The first-order valence-corrected chi connectivity index (χ1v) is 10.9. The van der Waals surface area contributed by atoms with Crippen molar-refractivity contribution < 1.29 is 17.9 Å². The summed E-state index contributed by atoms with van der Waals surface area (Å²) in [5, 5.41) is 0. The van der Waals surface area contributed by atoms with E-state index in [1.807, 2.05) is 18.5 Å². The number of halogens is 3. The Morgan fingerprint density at radius 1 is 1.06 bits per heavy atom. The van der Waals surface area contributed by atoms with Crippen LogP contribution in [0.2, 0.25) is 0 Å². The maximum absolute atomic E-state index is 12.7. The van der Waals surface area contributed by atoms with E-state index in [1.165, 1.54) is 17.8 Å². The third-order valence-corrected chi connectivity index (χ3v) is 6.97. The molecule has 0 N–H and O–H groups in total. The molecule has 0 radical (unpaired) electrons. The first-order chi connectivity index (χ1) is 14.9. The molecule has 1 atom stereocenters. The molecule has 1 unspecified atom stereocenters. The highest BCUT2D eigenvalue weighted by Gasteiger charge is 2.55. The minimum atomic E-state index is -4.39. The lowest BCUT2D eigenvalue weighted by Crippen LogP contribution is -2.64. The molecule has 1 aliphatic carbocycles. The van der Waals surface area contributed by atoms with E-state index in [0.717, 1.165) is 70.4 Å². The largest absolute Gasteiger partial charge is 0.433 e. The molecule has 1 spiro atoms. The Morgan fingerprint density at radius 3 is 2.58 bits per heavy atom. The van der Waals surface area contributed by atoms with E-state index in [0.29, 0.717) is 12.0 Å². The van der Waals surface area contributed by atoms with Gasteiger partial charge in [0.15, 0.2) is 0 Å². The molecule has 8 heteroatoms. The van der Waals surface area contributed by atoms with Crippen LogP contribution in [0.15, 0.2) is 42.9 Å². The number of nitrogens with zero attached hydrogens (tertiary/aromatic N) is 4. The normalized spacial score (nSPS) is 23.1. The molecule has 31 heavy (non-hydrogen) atoms. The van der Waals surface area contributed by atoms with Crippen molar-refractivity contribution in [2.45, 2.75) is 31.5 Å². The van der Waals surface area contributed by atoms with Crippen molar-refractivity contribution in [2.75, 3.05) is 44.3 Å². The third-order valence-electron chi connectivity index (χ3n) is 6.97. The van der Waals surface area contributed by atoms with Crippen LogP contribution in [0.5, 0.6) is 0 Å². The summed E-state index contributed by atoms with van der Waals surface area (Å²) in [4.78, 5) is 12.7. The van der Waals surface area contributed by atoms with Crippen LogP contribution in [0.4, 0.5) is 18.9 Å². The number of aromatic nitrogens is 2. The highest BCUT2D eigenvalue weighted by atomic mass is 19.4. The first-order valence-electron chi connectivity index (χ1n) is 10.9. The molecule has 4 heterocycles. The summed E-state index contributed by atoms with van der Waals surface area (Å²) in [6.45, 7) is 5.34. The minimum Gasteiger partial charge on any atom is -0.380 e. The van der Waals surface area contributed by atoms with Crippen molar-refractivity contribution in [3.05, 3.63) is 54.1 Å². The van der Waals surface area contributed by atoms with Crippen molar-refractivity contribution in [1.29, 1.82) is 0 Å². The second-order valence-corrected chi connectivity index (χ2v) is 9.16. The summed E-state index contributed by atoms with van der Waals surface area (Å²) in [6, 6.07) is 7.14. The van der Waals surface area contributed by atoms with Gasteiger partial charge < -0.3 is 9.64 Å². The zero-order valence-corrected chi connectivity index (χ0v) is 17.4. The van der Waals surface area contributed by atoms with Gasteiger partial charge in [-0.1, -0.05) is 6.07 Å². The molecule has 3 aliphatic rings. The number of ether oxygens (including phenoxy) is 1. The van der Waals surface area contributed by atoms with Gasteiger partial charge in [-0.25, -0.2) is 4.98 Å². The number of anilines is 1. The lowest BCUT2D eigenvalue weighted by atomic mass is 9.55. The number of hydrogen-bond donors (Lipinski definition) is 0. The van der Waals surface area contributed by atoms with Crippen molar-refractivity contribution in [1.82, 2.24) is 14.9 Å². The van der Waals surface area contributed by atoms with Gasteiger partial charge in [-0.2, -0.15) is 13.2 Å². The van der Waals surface area contributed by atoms with Gasteiger partial charge in [-0.15, -0.1) is 0 Å². The molecule has 2 aromatic heterocycles. The van der Waals surface area contributed by atoms with E-state index < -0.39 is 11.9 Å². The molecular formula is C23H27F3N4O. The molecule has 5 nitrogen and oxygen atoms in total. The molecule has 0 aromatic carbocycles. The van der Waals surface area contributed by atoms with Crippen molar-refractivity contribution in [2.24, 2.45) is 11.3 Å². The fourth-order valence-corrected chi connectivity index (χ4v) is 5.60. The van der Waals surface area contributed by atoms with Crippen LogP contribution in [-0.4, -0.2) is 54.3 Å². The zero-order valence-electron chi connectivity index (χ0n) is 17.4. The summed E-state index contributed by atoms with van der Waals surface area (Å²) < 4.78 is 43.9. The third kappa shape index (κ3) is 4.15. The maximum atomic E-state index is 12.7.